The average Bonchev–Trinajstić information content (AvgIpc) is 2.06. The van der Waals surface area contributed by atoms with Crippen LogP contribution in [0.25, 0.3) is 0 Å². The number of hydrogen-bond donors (Lipinski definition) is 2. The van der Waals surface area contributed by atoms with Gasteiger partial charge in [0.15, 0.2) is 5.03 Å². The lowest BCUT2D eigenvalue weighted by Crippen LogP contribution is -2.16. The van der Waals surface area contributed by atoms with Crippen molar-refractivity contribution in [3.8, 4) is 0 Å². The van der Waals surface area contributed by atoms with Crippen LogP contribution in [0.5, 0.6) is 0 Å². The third-order valence-electron chi connectivity index (χ3n) is 1.56. The number of anilines is 1. The molecule has 1 rings (SSSR count). The van der Waals surface area contributed by atoms with E-state index >= 15 is 0 Å². The van der Waals surface area contributed by atoms with Crippen LogP contribution in [0.15, 0.2) is 15.7 Å². The summed E-state index contributed by atoms with van der Waals surface area (Å²) in [7, 11) is -4.08. The van der Waals surface area contributed by atoms with E-state index < -0.39 is 27.0 Å². The Morgan fingerprint density at radius 1 is 1.47 bits per heavy atom. The molecule has 0 spiro atoms. The molecule has 0 unspecified atom stereocenters. The van der Waals surface area contributed by atoms with Crippen molar-refractivity contribution in [2.45, 2.75) is 11.5 Å². The highest BCUT2D eigenvalue weighted by molar-refractivity contribution is 9.10. The molecule has 0 atom stereocenters. The minimum Gasteiger partial charge on any atom is -0.397 e. The number of rotatable bonds is 2. The lowest BCUT2D eigenvalue weighted by atomic mass is 10.2. The summed E-state index contributed by atoms with van der Waals surface area (Å²) in [6.07, 6.45) is -2.15. The average molecular weight is 302 g/mol. The van der Waals surface area contributed by atoms with Gasteiger partial charge in [0.25, 0.3) is 16.4 Å². The van der Waals surface area contributed by atoms with E-state index in [1.165, 1.54) is 0 Å². The van der Waals surface area contributed by atoms with Crippen molar-refractivity contribution in [3.05, 3.63) is 16.2 Å². The largest absolute Gasteiger partial charge is 0.397 e. The van der Waals surface area contributed by atoms with Crippen LogP contribution < -0.4 is 10.9 Å². The highest BCUT2D eigenvalue weighted by Gasteiger charge is 2.22. The van der Waals surface area contributed by atoms with E-state index in [2.05, 4.69) is 20.9 Å². The first-order valence-electron chi connectivity index (χ1n) is 3.50. The maximum Gasteiger partial charge on any atom is 0.267 e. The van der Waals surface area contributed by atoms with Crippen LogP contribution in [0, 0.1) is 0 Å². The number of alkyl halides is 2. The first-order valence-corrected chi connectivity index (χ1v) is 5.84. The lowest BCUT2D eigenvalue weighted by Gasteiger charge is -2.08. The number of nitrogen functional groups attached to an aromatic ring is 1. The number of aromatic nitrogens is 1. The van der Waals surface area contributed by atoms with Gasteiger partial charge in [0.2, 0.25) is 0 Å². The molecule has 0 aliphatic rings. The maximum atomic E-state index is 12.3. The smallest absolute Gasteiger partial charge is 0.267 e. The molecule has 0 bridgehead atoms. The van der Waals surface area contributed by atoms with Crippen LogP contribution in [0.3, 0.4) is 0 Å². The zero-order chi connectivity index (χ0) is 11.8. The van der Waals surface area contributed by atoms with Crippen LogP contribution >= 0.6 is 15.9 Å². The van der Waals surface area contributed by atoms with E-state index in [1.54, 1.807) is 0 Å². The number of sulfonamides is 1. The van der Waals surface area contributed by atoms with Crippen molar-refractivity contribution in [1.82, 2.24) is 4.98 Å². The summed E-state index contributed by atoms with van der Waals surface area (Å²) in [6, 6.07) is 0. The van der Waals surface area contributed by atoms with Gasteiger partial charge in [-0.2, -0.15) is 0 Å². The fraction of sp³-hybridized carbons (Fsp3) is 0.167. The number of pyridine rings is 1. The standard InChI is InChI=1S/C6H6BrF2N3O2S/c7-3-4(10)2(5(8)9)1-12-6(3)15(11,13)14/h1,5H,(H2,10,12)(H2,11,13,14). The molecule has 5 nitrogen and oxygen atoms in total. The van der Waals surface area contributed by atoms with Gasteiger partial charge in [-0.25, -0.2) is 27.3 Å². The molecule has 84 valence electrons. The van der Waals surface area contributed by atoms with Crippen molar-refractivity contribution in [2.24, 2.45) is 5.14 Å². The molecule has 0 aliphatic carbocycles. The zero-order valence-electron chi connectivity index (χ0n) is 7.12. The Balaban J connectivity index is 3.48. The minimum atomic E-state index is -4.08. The number of primary sulfonamides is 1. The Morgan fingerprint density at radius 3 is 2.40 bits per heavy atom. The number of nitrogens with zero attached hydrogens (tertiary/aromatic N) is 1. The van der Waals surface area contributed by atoms with Crippen molar-refractivity contribution >= 4 is 31.6 Å². The SMILES string of the molecule is Nc1c(C(F)F)cnc(S(N)(=O)=O)c1Br. The summed E-state index contributed by atoms with van der Waals surface area (Å²) in [6.45, 7) is 0. The molecule has 0 fully saturated rings. The first kappa shape index (κ1) is 12.3. The molecule has 0 saturated heterocycles. The molecule has 1 heterocycles. The summed E-state index contributed by atoms with van der Waals surface area (Å²) in [5.41, 5.74) is 4.36. The van der Waals surface area contributed by atoms with E-state index in [-0.39, 0.29) is 10.2 Å². The normalized spacial score (nSPS) is 12.1. The quantitative estimate of drug-likeness (QED) is 0.851. The van der Waals surface area contributed by atoms with Crippen LogP contribution in [0.2, 0.25) is 0 Å². The second-order valence-electron chi connectivity index (χ2n) is 2.59. The van der Waals surface area contributed by atoms with Crippen LogP contribution in [0.1, 0.15) is 12.0 Å². The molecule has 4 N–H and O–H groups in total. The molecule has 0 aromatic carbocycles. The monoisotopic (exact) mass is 301 g/mol. The van der Waals surface area contributed by atoms with E-state index in [0.29, 0.717) is 6.20 Å². The molecule has 0 amide bonds. The van der Waals surface area contributed by atoms with Gasteiger partial charge in [0.05, 0.1) is 15.7 Å². The highest BCUT2D eigenvalue weighted by atomic mass is 79.9. The van der Waals surface area contributed by atoms with Gasteiger partial charge in [-0.05, 0) is 15.9 Å². The number of hydrogen-bond acceptors (Lipinski definition) is 4. The van der Waals surface area contributed by atoms with Gasteiger partial charge in [-0.1, -0.05) is 0 Å². The molecule has 15 heavy (non-hydrogen) atoms. The second kappa shape index (κ2) is 3.99. The van der Waals surface area contributed by atoms with Gasteiger partial charge < -0.3 is 5.73 Å². The Kier molecular flexibility index (Phi) is 3.26. The summed E-state index contributed by atoms with van der Waals surface area (Å²) in [5.74, 6) is 0. The molecular formula is C6H6BrF2N3O2S. The third-order valence-corrected chi connectivity index (χ3v) is 3.47. The Morgan fingerprint density at radius 2 is 2.00 bits per heavy atom. The third kappa shape index (κ3) is 2.41. The van der Waals surface area contributed by atoms with Gasteiger partial charge in [-0.3, -0.25) is 0 Å². The van der Waals surface area contributed by atoms with Crippen LogP contribution in [0.4, 0.5) is 14.5 Å². The maximum absolute atomic E-state index is 12.3. The van der Waals surface area contributed by atoms with Crippen molar-refractivity contribution < 1.29 is 17.2 Å². The summed E-state index contributed by atoms with van der Waals surface area (Å²) < 4.78 is 46.2. The first-order chi connectivity index (χ1) is 6.75. The van der Waals surface area contributed by atoms with Crippen molar-refractivity contribution in [1.29, 1.82) is 0 Å². The van der Waals surface area contributed by atoms with Crippen molar-refractivity contribution in [3.63, 3.8) is 0 Å². The predicted molar refractivity (Wildman–Crippen MR) is 52.7 cm³/mol. The van der Waals surface area contributed by atoms with Crippen molar-refractivity contribution in [2.75, 3.05) is 5.73 Å². The molecule has 9 heteroatoms. The van der Waals surface area contributed by atoms with Gasteiger partial charge >= 0.3 is 0 Å². The fourth-order valence-electron chi connectivity index (χ4n) is 0.869. The van der Waals surface area contributed by atoms with E-state index in [4.69, 9.17) is 10.9 Å². The summed E-state index contributed by atoms with van der Waals surface area (Å²) >= 11 is 2.76. The summed E-state index contributed by atoms with van der Waals surface area (Å²) in [5, 5.41) is 4.22. The van der Waals surface area contributed by atoms with Gasteiger partial charge in [-0.15, -0.1) is 0 Å². The minimum absolute atomic E-state index is 0.247. The lowest BCUT2D eigenvalue weighted by molar-refractivity contribution is 0.151. The van der Waals surface area contributed by atoms with E-state index in [0.717, 1.165) is 0 Å². The number of halogens is 3. The highest BCUT2D eigenvalue weighted by Crippen LogP contribution is 2.33. The van der Waals surface area contributed by atoms with Gasteiger partial charge in [0.1, 0.15) is 0 Å². The van der Waals surface area contributed by atoms with Gasteiger partial charge in [0, 0.05) is 6.20 Å². The predicted octanol–water partition coefficient (Wildman–Crippen LogP) is 1.01. The molecule has 0 saturated carbocycles. The zero-order valence-corrected chi connectivity index (χ0v) is 9.52. The molecule has 0 radical (unpaired) electrons. The van der Waals surface area contributed by atoms with E-state index in [9.17, 15) is 17.2 Å². The number of nitrogens with two attached hydrogens (primary N) is 2. The molecule has 0 aliphatic heterocycles. The Labute approximate surface area is 92.7 Å². The Hall–Kier alpha value is -0.800. The topological polar surface area (TPSA) is 99.1 Å². The second-order valence-corrected chi connectivity index (χ2v) is 4.86. The van der Waals surface area contributed by atoms with Crippen LogP contribution in [-0.4, -0.2) is 13.4 Å². The molecule has 1 aromatic rings. The fourth-order valence-corrected chi connectivity index (χ4v) is 2.44. The van der Waals surface area contributed by atoms with Crippen LogP contribution in [-0.2, 0) is 10.0 Å². The Bertz CT molecular complexity index is 491. The molecule has 1 aromatic heterocycles. The van der Waals surface area contributed by atoms with E-state index in [1.807, 2.05) is 0 Å². The summed E-state index contributed by atoms with van der Waals surface area (Å²) in [4.78, 5) is 3.31. The molecular weight excluding hydrogens is 296 g/mol.